The first-order valence-electron chi connectivity index (χ1n) is 9.09. The zero-order valence-electron chi connectivity index (χ0n) is 14.8. The summed E-state index contributed by atoms with van der Waals surface area (Å²) >= 11 is 0. The van der Waals surface area contributed by atoms with Crippen molar-refractivity contribution in [1.29, 1.82) is 0 Å². The molecular weight excluding hydrogens is 292 g/mol. The van der Waals surface area contributed by atoms with E-state index in [1.165, 1.54) is 25.7 Å². The van der Waals surface area contributed by atoms with Crippen LogP contribution in [-0.4, -0.2) is 29.1 Å². The lowest BCUT2D eigenvalue weighted by atomic mass is 9.88. The Labute approximate surface area is 140 Å². The number of allylic oxidation sites excluding steroid dienone is 1. The molecule has 0 aromatic rings. The number of carbonyl (C=O) groups is 1. The Morgan fingerprint density at radius 2 is 1.87 bits per heavy atom. The molecule has 0 amide bonds. The van der Waals surface area contributed by atoms with Crippen LogP contribution in [0.25, 0.3) is 0 Å². The number of esters is 1. The average Bonchev–Trinajstić information content (AvgIpc) is 2.95. The van der Waals surface area contributed by atoms with Crippen LogP contribution in [0, 0.1) is 11.8 Å². The molecule has 1 unspecified atom stereocenters. The van der Waals surface area contributed by atoms with Crippen molar-refractivity contribution in [2.24, 2.45) is 11.8 Å². The molecule has 0 bridgehead atoms. The third-order valence-corrected chi connectivity index (χ3v) is 4.65. The fraction of sp³-hybridized carbons (Fsp3) is 0.842. The summed E-state index contributed by atoms with van der Waals surface area (Å²) in [5, 5.41) is 9.54. The second-order valence-electron chi connectivity index (χ2n) is 7.90. The minimum Gasteiger partial charge on any atom is -0.460 e. The third-order valence-electron chi connectivity index (χ3n) is 4.65. The van der Waals surface area contributed by atoms with E-state index in [2.05, 4.69) is 12.2 Å². The van der Waals surface area contributed by atoms with Crippen LogP contribution in [-0.2, 0) is 14.3 Å². The summed E-state index contributed by atoms with van der Waals surface area (Å²) in [6.45, 7) is 5.71. The van der Waals surface area contributed by atoms with Crippen LogP contribution in [0.3, 0.4) is 0 Å². The summed E-state index contributed by atoms with van der Waals surface area (Å²) in [6.07, 6.45) is 12.0. The molecule has 1 N–H and O–H groups in total. The molecule has 0 aromatic heterocycles. The van der Waals surface area contributed by atoms with E-state index in [0.717, 1.165) is 19.3 Å². The molecule has 1 heterocycles. The van der Waals surface area contributed by atoms with Gasteiger partial charge in [0.2, 0.25) is 0 Å². The number of rotatable bonds is 8. The first-order valence-corrected chi connectivity index (χ1v) is 9.09. The molecule has 1 aliphatic carbocycles. The van der Waals surface area contributed by atoms with Gasteiger partial charge in [0.15, 0.2) is 6.29 Å². The summed E-state index contributed by atoms with van der Waals surface area (Å²) in [5.74, 6) is 0.968. The fourth-order valence-corrected chi connectivity index (χ4v) is 3.59. The van der Waals surface area contributed by atoms with Crippen molar-refractivity contribution in [3.8, 4) is 0 Å². The Morgan fingerprint density at radius 3 is 2.61 bits per heavy atom. The quantitative estimate of drug-likeness (QED) is 0.417. The van der Waals surface area contributed by atoms with Crippen molar-refractivity contribution in [3.63, 3.8) is 0 Å². The van der Waals surface area contributed by atoms with E-state index in [9.17, 15) is 9.90 Å². The molecule has 132 valence electrons. The first kappa shape index (κ1) is 18.5. The number of aliphatic hydroxyl groups is 1. The van der Waals surface area contributed by atoms with E-state index in [-0.39, 0.29) is 17.7 Å². The molecule has 1 saturated heterocycles. The monoisotopic (exact) mass is 324 g/mol. The summed E-state index contributed by atoms with van der Waals surface area (Å²) in [5.41, 5.74) is -0.374. The molecule has 4 nitrogen and oxygen atoms in total. The SMILES string of the molecule is CC(C)(C)OC(=O)CCCCCCC[C@H]1C=C[C@H]2OC(O)C[C@@H]12. The van der Waals surface area contributed by atoms with E-state index in [4.69, 9.17) is 9.47 Å². The topological polar surface area (TPSA) is 55.8 Å². The van der Waals surface area contributed by atoms with Gasteiger partial charge in [-0.05, 0) is 45.4 Å². The van der Waals surface area contributed by atoms with Gasteiger partial charge in [-0.3, -0.25) is 4.79 Å². The summed E-state index contributed by atoms with van der Waals surface area (Å²) in [7, 11) is 0. The van der Waals surface area contributed by atoms with Gasteiger partial charge in [0.1, 0.15) is 5.60 Å². The van der Waals surface area contributed by atoms with E-state index in [1.54, 1.807) is 0 Å². The number of hydrogen-bond acceptors (Lipinski definition) is 4. The smallest absolute Gasteiger partial charge is 0.306 e. The van der Waals surface area contributed by atoms with Crippen LogP contribution >= 0.6 is 0 Å². The van der Waals surface area contributed by atoms with Gasteiger partial charge in [0.05, 0.1) is 6.10 Å². The largest absolute Gasteiger partial charge is 0.460 e. The minimum absolute atomic E-state index is 0.0839. The molecule has 2 rings (SSSR count). The molecule has 1 aliphatic heterocycles. The highest BCUT2D eigenvalue weighted by Gasteiger charge is 2.40. The number of ether oxygens (including phenoxy) is 2. The molecule has 0 spiro atoms. The zero-order chi connectivity index (χ0) is 16.9. The lowest BCUT2D eigenvalue weighted by molar-refractivity contribution is -0.154. The van der Waals surface area contributed by atoms with Gasteiger partial charge in [-0.1, -0.05) is 37.8 Å². The van der Waals surface area contributed by atoms with Crippen LogP contribution in [0.15, 0.2) is 12.2 Å². The Morgan fingerprint density at radius 1 is 1.17 bits per heavy atom. The highest BCUT2D eigenvalue weighted by molar-refractivity contribution is 5.69. The molecular formula is C19H32O4. The van der Waals surface area contributed by atoms with Crippen LogP contribution in [0.1, 0.15) is 72.1 Å². The number of unbranched alkanes of at least 4 members (excludes halogenated alkanes) is 4. The van der Waals surface area contributed by atoms with Crippen molar-refractivity contribution >= 4 is 5.97 Å². The summed E-state index contributed by atoms with van der Waals surface area (Å²) < 4.78 is 10.8. The predicted molar refractivity (Wildman–Crippen MR) is 89.8 cm³/mol. The number of fused-ring (bicyclic) bond motifs is 1. The van der Waals surface area contributed by atoms with Crippen LogP contribution in [0.5, 0.6) is 0 Å². The van der Waals surface area contributed by atoms with Gasteiger partial charge in [-0.15, -0.1) is 0 Å². The molecule has 4 heteroatoms. The second kappa shape index (κ2) is 8.29. The van der Waals surface area contributed by atoms with E-state index in [1.807, 2.05) is 20.8 Å². The second-order valence-corrected chi connectivity index (χ2v) is 7.90. The van der Waals surface area contributed by atoms with Crippen molar-refractivity contribution in [3.05, 3.63) is 12.2 Å². The lowest BCUT2D eigenvalue weighted by Gasteiger charge is -2.19. The molecule has 23 heavy (non-hydrogen) atoms. The average molecular weight is 324 g/mol. The summed E-state index contributed by atoms with van der Waals surface area (Å²) in [4.78, 5) is 11.6. The molecule has 0 aromatic carbocycles. The predicted octanol–water partition coefficient (Wildman–Crippen LogP) is 3.97. The van der Waals surface area contributed by atoms with Gasteiger partial charge < -0.3 is 14.6 Å². The van der Waals surface area contributed by atoms with E-state index < -0.39 is 6.29 Å². The number of aliphatic hydroxyl groups excluding tert-OH is 1. The summed E-state index contributed by atoms with van der Waals surface area (Å²) in [6, 6.07) is 0. The maximum atomic E-state index is 11.6. The van der Waals surface area contributed by atoms with Crippen molar-refractivity contribution < 1.29 is 19.4 Å². The van der Waals surface area contributed by atoms with Crippen LogP contribution < -0.4 is 0 Å². The third kappa shape index (κ3) is 6.27. The van der Waals surface area contributed by atoms with Crippen molar-refractivity contribution in [2.75, 3.05) is 0 Å². The molecule has 0 saturated carbocycles. The molecule has 2 aliphatic rings. The van der Waals surface area contributed by atoms with Gasteiger partial charge in [0, 0.05) is 12.8 Å². The van der Waals surface area contributed by atoms with Gasteiger partial charge in [-0.25, -0.2) is 0 Å². The molecule has 1 fully saturated rings. The highest BCUT2D eigenvalue weighted by Crippen LogP contribution is 2.40. The van der Waals surface area contributed by atoms with Crippen LogP contribution in [0.2, 0.25) is 0 Å². The normalized spacial score (nSPS) is 29.7. The molecule has 0 radical (unpaired) electrons. The Balaban J connectivity index is 1.47. The van der Waals surface area contributed by atoms with E-state index in [0.29, 0.717) is 18.3 Å². The number of hydrogen-bond donors (Lipinski definition) is 1. The maximum Gasteiger partial charge on any atom is 0.306 e. The van der Waals surface area contributed by atoms with Crippen molar-refractivity contribution in [1.82, 2.24) is 0 Å². The first-order chi connectivity index (χ1) is 10.8. The Hall–Kier alpha value is -0.870. The van der Waals surface area contributed by atoms with Gasteiger partial charge in [0.25, 0.3) is 0 Å². The van der Waals surface area contributed by atoms with E-state index >= 15 is 0 Å². The van der Waals surface area contributed by atoms with Gasteiger partial charge >= 0.3 is 5.97 Å². The zero-order valence-corrected chi connectivity index (χ0v) is 14.8. The van der Waals surface area contributed by atoms with Crippen molar-refractivity contribution in [2.45, 2.75) is 90.1 Å². The maximum absolute atomic E-state index is 11.6. The van der Waals surface area contributed by atoms with Crippen LogP contribution in [0.4, 0.5) is 0 Å². The minimum atomic E-state index is -0.565. The Bertz CT molecular complexity index is 410. The fourth-order valence-electron chi connectivity index (χ4n) is 3.59. The number of carbonyl (C=O) groups excluding carboxylic acids is 1. The van der Waals surface area contributed by atoms with Gasteiger partial charge in [-0.2, -0.15) is 0 Å². The highest BCUT2D eigenvalue weighted by atomic mass is 16.6. The Kier molecular flexibility index (Phi) is 6.66. The molecule has 4 atom stereocenters. The standard InChI is InChI=1S/C19H32O4/c1-19(2,3)23-17(20)10-8-6-4-5-7-9-14-11-12-16-15(14)13-18(21)22-16/h11-12,14-16,18,21H,4-10,13H2,1-3H3/t14-,15-,16+,18?/m0/s1. The lowest BCUT2D eigenvalue weighted by Crippen LogP contribution is -2.23.